The number of nitrogens with two attached hydrogens (primary N) is 1. The molecule has 1 saturated heterocycles. The van der Waals surface area contributed by atoms with E-state index in [1.165, 1.54) is 6.07 Å². The molecule has 7 heteroatoms. The van der Waals surface area contributed by atoms with Gasteiger partial charge in [-0.05, 0) is 35.4 Å². The van der Waals surface area contributed by atoms with E-state index in [9.17, 15) is 9.18 Å². The Labute approximate surface area is 156 Å². The molecule has 0 saturated carbocycles. The third-order valence-corrected chi connectivity index (χ3v) is 4.44. The highest BCUT2D eigenvalue weighted by atomic mass is 35.5. The standard InChI is InChI=1S/C19H20ClFN2O3/c20-16-9-14(4-5-17(16)21)18-11-23(6-7-25-18)10-13-2-1-3-15(8-13)26-12-19(22)24/h1-5,8-9,18H,6-7,10-12H2,(H2,22,24). The van der Waals surface area contributed by atoms with Crippen LogP contribution < -0.4 is 10.5 Å². The molecule has 5 nitrogen and oxygen atoms in total. The molecule has 1 unspecified atom stereocenters. The van der Waals surface area contributed by atoms with Crippen molar-refractivity contribution in [2.45, 2.75) is 12.6 Å². The van der Waals surface area contributed by atoms with Crippen LogP contribution in [0.5, 0.6) is 5.75 Å². The van der Waals surface area contributed by atoms with Crippen LogP contribution in [-0.4, -0.2) is 37.1 Å². The van der Waals surface area contributed by atoms with Crippen LogP contribution >= 0.6 is 11.6 Å². The maximum absolute atomic E-state index is 13.4. The minimum atomic E-state index is -0.510. The van der Waals surface area contributed by atoms with Crippen LogP contribution in [0.4, 0.5) is 4.39 Å². The molecule has 2 N–H and O–H groups in total. The van der Waals surface area contributed by atoms with Crippen molar-refractivity contribution in [2.24, 2.45) is 5.73 Å². The summed E-state index contributed by atoms with van der Waals surface area (Å²) in [5.74, 6) is -0.336. The highest BCUT2D eigenvalue weighted by Crippen LogP contribution is 2.27. The van der Waals surface area contributed by atoms with Crippen molar-refractivity contribution in [3.8, 4) is 5.75 Å². The zero-order valence-electron chi connectivity index (χ0n) is 14.2. The quantitative estimate of drug-likeness (QED) is 0.839. The normalized spacial score (nSPS) is 17.8. The minimum absolute atomic E-state index is 0.0996. The molecule has 26 heavy (non-hydrogen) atoms. The Balaban J connectivity index is 1.64. The Bertz CT molecular complexity index is 787. The first-order chi connectivity index (χ1) is 12.5. The summed E-state index contributed by atoms with van der Waals surface area (Å²) in [5, 5.41) is 0.0996. The van der Waals surface area contributed by atoms with E-state index in [0.29, 0.717) is 25.4 Å². The highest BCUT2D eigenvalue weighted by Gasteiger charge is 2.22. The van der Waals surface area contributed by atoms with Crippen LogP contribution in [0.1, 0.15) is 17.2 Å². The summed E-state index contributed by atoms with van der Waals surface area (Å²) in [6, 6.07) is 12.2. The van der Waals surface area contributed by atoms with Crippen LogP contribution in [0.15, 0.2) is 42.5 Å². The van der Waals surface area contributed by atoms with Crippen LogP contribution in [0.25, 0.3) is 0 Å². The molecule has 0 bridgehead atoms. The largest absolute Gasteiger partial charge is 0.484 e. The Morgan fingerprint density at radius 2 is 2.19 bits per heavy atom. The molecule has 1 fully saturated rings. The van der Waals surface area contributed by atoms with E-state index in [-0.39, 0.29) is 17.7 Å². The Morgan fingerprint density at radius 1 is 1.35 bits per heavy atom. The number of carbonyl (C=O) groups is 1. The van der Waals surface area contributed by atoms with E-state index in [1.54, 1.807) is 18.2 Å². The van der Waals surface area contributed by atoms with Crippen LogP contribution in [0.2, 0.25) is 5.02 Å². The summed E-state index contributed by atoms with van der Waals surface area (Å²) < 4.78 is 24.5. The number of morpholine rings is 1. The van der Waals surface area contributed by atoms with E-state index in [4.69, 9.17) is 26.8 Å². The second-order valence-electron chi connectivity index (χ2n) is 6.17. The van der Waals surface area contributed by atoms with Gasteiger partial charge in [-0.2, -0.15) is 0 Å². The molecule has 1 amide bonds. The number of carbonyl (C=O) groups excluding carboxylic acids is 1. The smallest absolute Gasteiger partial charge is 0.255 e. The maximum Gasteiger partial charge on any atom is 0.255 e. The van der Waals surface area contributed by atoms with Gasteiger partial charge in [0.1, 0.15) is 11.6 Å². The molecule has 2 aromatic carbocycles. The Morgan fingerprint density at radius 3 is 2.96 bits per heavy atom. The lowest BCUT2D eigenvalue weighted by atomic mass is 10.1. The number of halogens is 2. The summed E-state index contributed by atoms with van der Waals surface area (Å²) in [4.78, 5) is 13.1. The van der Waals surface area contributed by atoms with Gasteiger partial charge >= 0.3 is 0 Å². The predicted octanol–water partition coefficient (Wildman–Crippen LogP) is 2.92. The van der Waals surface area contributed by atoms with Crippen molar-refractivity contribution in [2.75, 3.05) is 26.3 Å². The number of hydrogen-bond donors (Lipinski definition) is 1. The van der Waals surface area contributed by atoms with Gasteiger partial charge < -0.3 is 15.2 Å². The molecule has 1 aliphatic heterocycles. The van der Waals surface area contributed by atoms with Gasteiger partial charge in [0.25, 0.3) is 5.91 Å². The van der Waals surface area contributed by atoms with Crippen molar-refractivity contribution in [1.29, 1.82) is 0 Å². The fourth-order valence-corrected chi connectivity index (χ4v) is 3.10. The highest BCUT2D eigenvalue weighted by molar-refractivity contribution is 6.30. The SMILES string of the molecule is NC(=O)COc1cccc(CN2CCOC(c3ccc(F)c(Cl)c3)C2)c1. The lowest BCUT2D eigenvalue weighted by Gasteiger charge is -2.33. The van der Waals surface area contributed by atoms with Crippen molar-refractivity contribution in [1.82, 2.24) is 4.90 Å². The number of amides is 1. The summed E-state index contributed by atoms with van der Waals surface area (Å²) >= 11 is 5.88. The number of ether oxygens (including phenoxy) is 2. The minimum Gasteiger partial charge on any atom is -0.484 e. The van der Waals surface area contributed by atoms with Crippen LogP contribution in [0.3, 0.4) is 0 Å². The average Bonchev–Trinajstić information content (AvgIpc) is 2.63. The Kier molecular flexibility index (Phi) is 6.08. The van der Waals surface area contributed by atoms with Gasteiger partial charge in [-0.3, -0.25) is 9.69 Å². The second kappa shape index (κ2) is 8.49. The van der Waals surface area contributed by atoms with Gasteiger partial charge in [0.15, 0.2) is 6.61 Å². The van der Waals surface area contributed by atoms with Crippen molar-refractivity contribution < 1.29 is 18.7 Å². The van der Waals surface area contributed by atoms with E-state index in [2.05, 4.69) is 4.90 Å². The first-order valence-corrected chi connectivity index (χ1v) is 8.68. The number of benzene rings is 2. The summed E-state index contributed by atoms with van der Waals surface area (Å²) in [6.45, 7) is 2.61. The molecular formula is C19H20ClFN2O3. The molecule has 0 aliphatic carbocycles. The van der Waals surface area contributed by atoms with E-state index in [1.807, 2.05) is 18.2 Å². The second-order valence-corrected chi connectivity index (χ2v) is 6.58. The summed E-state index contributed by atoms with van der Waals surface area (Å²) in [6.07, 6.45) is -0.156. The zero-order valence-corrected chi connectivity index (χ0v) is 14.9. The van der Waals surface area contributed by atoms with Crippen LogP contribution in [-0.2, 0) is 16.1 Å². The van der Waals surface area contributed by atoms with Crippen molar-refractivity contribution >= 4 is 17.5 Å². The average molecular weight is 379 g/mol. The number of nitrogens with zero attached hydrogens (tertiary/aromatic N) is 1. The van der Waals surface area contributed by atoms with Gasteiger partial charge in [0, 0.05) is 19.6 Å². The third-order valence-electron chi connectivity index (χ3n) is 4.15. The van der Waals surface area contributed by atoms with Gasteiger partial charge in [0.2, 0.25) is 0 Å². The van der Waals surface area contributed by atoms with Crippen molar-refractivity contribution in [3.63, 3.8) is 0 Å². The van der Waals surface area contributed by atoms with Gasteiger partial charge in [-0.15, -0.1) is 0 Å². The monoisotopic (exact) mass is 378 g/mol. The van der Waals surface area contributed by atoms with Crippen molar-refractivity contribution in [3.05, 3.63) is 64.4 Å². The lowest BCUT2D eigenvalue weighted by molar-refractivity contribution is -0.119. The molecular weight excluding hydrogens is 359 g/mol. The lowest BCUT2D eigenvalue weighted by Crippen LogP contribution is -2.37. The molecule has 1 aliphatic rings. The first kappa shape index (κ1) is 18.6. The topological polar surface area (TPSA) is 64.8 Å². The number of primary amides is 1. The molecule has 1 atom stereocenters. The third kappa shape index (κ3) is 4.94. The summed E-state index contributed by atoms with van der Waals surface area (Å²) in [7, 11) is 0. The predicted molar refractivity (Wildman–Crippen MR) is 96.5 cm³/mol. The fraction of sp³-hybridized carbons (Fsp3) is 0.316. The molecule has 1 heterocycles. The molecule has 3 rings (SSSR count). The molecule has 0 spiro atoms. The molecule has 0 aromatic heterocycles. The van der Waals surface area contributed by atoms with Gasteiger partial charge in [-0.1, -0.05) is 29.8 Å². The maximum atomic E-state index is 13.4. The van der Waals surface area contributed by atoms with E-state index >= 15 is 0 Å². The summed E-state index contributed by atoms with van der Waals surface area (Å²) in [5.41, 5.74) is 7.02. The first-order valence-electron chi connectivity index (χ1n) is 8.30. The van der Waals surface area contributed by atoms with E-state index < -0.39 is 11.7 Å². The zero-order chi connectivity index (χ0) is 18.5. The molecule has 138 valence electrons. The van der Waals surface area contributed by atoms with E-state index in [0.717, 1.165) is 17.7 Å². The molecule has 2 aromatic rings. The van der Waals surface area contributed by atoms with Crippen LogP contribution in [0, 0.1) is 5.82 Å². The van der Waals surface area contributed by atoms with Gasteiger partial charge in [-0.25, -0.2) is 4.39 Å². The van der Waals surface area contributed by atoms with Gasteiger partial charge in [0.05, 0.1) is 17.7 Å². The number of rotatable bonds is 6. The number of hydrogen-bond acceptors (Lipinski definition) is 4. The molecule has 0 radical (unpaired) electrons. The fourth-order valence-electron chi connectivity index (χ4n) is 2.91. The Hall–Kier alpha value is -2.15.